The SMILES string of the molecule is Nc1ccccc1OCc1nc(C2CC3CCC2O3)no1. The molecule has 110 valence electrons. The number of nitrogens with zero attached hydrogens (tertiary/aromatic N) is 2. The van der Waals surface area contributed by atoms with E-state index in [9.17, 15) is 0 Å². The van der Waals surface area contributed by atoms with Gasteiger partial charge in [0.15, 0.2) is 12.4 Å². The molecule has 1 aromatic heterocycles. The zero-order chi connectivity index (χ0) is 14.2. The van der Waals surface area contributed by atoms with Crippen LogP contribution in [-0.2, 0) is 11.3 Å². The molecule has 3 heterocycles. The first kappa shape index (κ1) is 12.6. The lowest BCUT2D eigenvalue weighted by molar-refractivity contribution is 0.0996. The molecule has 0 radical (unpaired) electrons. The van der Waals surface area contributed by atoms with Crippen molar-refractivity contribution >= 4 is 5.69 Å². The van der Waals surface area contributed by atoms with Crippen LogP contribution in [0.5, 0.6) is 5.75 Å². The van der Waals surface area contributed by atoms with E-state index in [-0.39, 0.29) is 18.6 Å². The first-order valence-electron chi connectivity index (χ1n) is 7.25. The fourth-order valence-electron chi connectivity index (χ4n) is 3.14. The van der Waals surface area contributed by atoms with Gasteiger partial charge in [0.1, 0.15) is 5.75 Å². The lowest BCUT2D eigenvalue weighted by Crippen LogP contribution is -2.15. The third-order valence-electron chi connectivity index (χ3n) is 4.19. The van der Waals surface area contributed by atoms with Crippen LogP contribution >= 0.6 is 0 Å². The summed E-state index contributed by atoms with van der Waals surface area (Å²) in [4.78, 5) is 4.43. The second-order valence-electron chi connectivity index (χ2n) is 5.59. The Morgan fingerprint density at radius 1 is 1.29 bits per heavy atom. The van der Waals surface area contributed by atoms with Gasteiger partial charge in [-0.05, 0) is 31.4 Å². The molecule has 2 aromatic rings. The van der Waals surface area contributed by atoms with Gasteiger partial charge in [0.2, 0.25) is 0 Å². The van der Waals surface area contributed by atoms with Gasteiger partial charge < -0.3 is 19.7 Å². The zero-order valence-corrected chi connectivity index (χ0v) is 11.6. The zero-order valence-electron chi connectivity index (χ0n) is 11.6. The number of para-hydroxylation sites is 2. The molecule has 2 N–H and O–H groups in total. The number of anilines is 1. The molecule has 0 aliphatic carbocycles. The number of fused-ring (bicyclic) bond motifs is 2. The highest BCUT2D eigenvalue weighted by Crippen LogP contribution is 2.43. The Balaban J connectivity index is 1.42. The van der Waals surface area contributed by atoms with E-state index in [2.05, 4.69) is 10.1 Å². The van der Waals surface area contributed by atoms with Gasteiger partial charge in [-0.25, -0.2) is 0 Å². The summed E-state index contributed by atoms with van der Waals surface area (Å²) in [6.07, 6.45) is 3.88. The van der Waals surface area contributed by atoms with Gasteiger partial charge in [-0.3, -0.25) is 0 Å². The lowest BCUT2D eigenvalue weighted by atomic mass is 9.89. The summed E-state index contributed by atoms with van der Waals surface area (Å²) in [5, 5.41) is 4.07. The minimum Gasteiger partial charge on any atom is -0.482 e. The number of hydrogen-bond acceptors (Lipinski definition) is 6. The minimum atomic E-state index is 0.225. The van der Waals surface area contributed by atoms with Crippen LogP contribution in [-0.4, -0.2) is 22.3 Å². The molecule has 0 amide bonds. The maximum atomic E-state index is 5.82. The van der Waals surface area contributed by atoms with Gasteiger partial charge in [0, 0.05) is 0 Å². The van der Waals surface area contributed by atoms with Crippen LogP contribution in [0.4, 0.5) is 5.69 Å². The van der Waals surface area contributed by atoms with Crippen LogP contribution in [0.15, 0.2) is 28.8 Å². The molecular weight excluding hydrogens is 270 g/mol. The van der Waals surface area contributed by atoms with Crippen molar-refractivity contribution in [1.82, 2.24) is 10.1 Å². The summed E-state index contributed by atoms with van der Waals surface area (Å²) in [5.41, 5.74) is 6.42. The van der Waals surface area contributed by atoms with E-state index in [0.717, 1.165) is 25.1 Å². The summed E-state index contributed by atoms with van der Waals surface area (Å²) < 4.78 is 16.7. The second kappa shape index (κ2) is 5.04. The van der Waals surface area contributed by atoms with Gasteiger partial charge >= 0.3 is 0 Å². The summed E-state index contributed by atoms with van der Waals surface area (Å²) in [6.45, 7) is 0.225. The quantitative estimate of drug-likeness (QED) is 0.868. The third kappa shape index (κ3) is 2.35. The summed E-state index contributed by atoms with van der Waals surface area (Å²) >= 11 is 0. The van der Waals surface area contributed by atoms with Crippen LogP contribution < -0.4 is 10.5 Å². The molecule has 0 saturated carbocycles. The second-order valence-corrected chi connectivity index (χ2v) is 5.59. The average Bonchev–Trinajstić information content (AvgIpc) is 3.22. The first-order valence-corrected chi connectivity index (χ1v) is 7.25. The molecule has 6 heteroatoms. The highest BCUT2D eigenvalue weighted by molar-refractivity contribution is 5.51. The largest absolute Gasteiger partial charge is 0.482 e. The van der Waals surface area contributed by atoms with Crippen molar-refractivity contribution in [2.24, 2.45) is 0 Å². The number of aromatic nitrogens is 2. The van der Waals surface area contributed by atoms with E-state index in [1.54, 1.807) is 6.07 Å². The Kier molecular flexibility index (Phi) is 3.03. The Morgan fingerprint density at radius 2 is 2.19 bits per heavy atom. The van der Waals surface area contributed by atoms with Crippen molar-refractivity contribution in [2.75, 3.05) is 5.73 Å². The van der Waals surface area contributed by atoms with E-state index in [1.807, 2.05) is 18.2 Å². The summed E-state index contributed by atoms with van der Waals surface area (Å²) in [7, 11) is 0. The standard InChI is InChI=1S/C15H17N3O3/c16-11-3-1-2-4-13(11)19-8-14-17-15(18-21-14)10-7-9-5-6-12(10)20-9/h1-4,9-10,12H,5-8,16H2. The predicted molar refractivity (Wildman–Crippen MR) is 74.7 cm³/mol. The van der Waals surface area contributed by atoms with Crippen molar-refractivity contribution < 1.29 is 14.0 Å². The van der Waals surface area contributed by atoms with Crippen molar-refractivity contribution in [3.63, 3.8) is 0 Å². The van der Waals surface area contributed by atoms with Crippen molar-refractivity contribution in [3.8, 4) is 5.75 Å². The highest BCUT2D eigenvalue weighted by Gasteiger charge is 2.43. The first-order chi connectivity index (χ1) is 10.3. The van der Waals surface area contributed by atoms with Gasteiger partial charge in [0.05, 0.1) is 23.8 Å². The Morgan fingerprint density at radius 3 is 2.95 bits per heavy atom. The van der Waals surface area contributed by atoms with Gasteiger partial charge in [0.25, 0.3) is 5.89 Å². The number of rotatable bonds is 4. The van der Waals surface area contributed by atoms with Crippen LogP contribution in [0.1, 0.15) is 36.9 Å². The number of nitrogens with two attached hydrogens (primary N) is 1. The maximum Gasteiger partial charge on any atom is 0.264 e. The predicted octanol–water partition coefficient (Wildman–Crippen LogP) is 2.27. The van der Waals surface area contributed by atoms with Gasteiger partial charge in [-0.1, -0.05) is 17.3 Å². The fourth-order valence-corrected chi connectivity index (χ4v) is 3.14. The lowest BCUT2D eigenvalue weighted by Gasteiger charge is -2.13. The molecule has 1 aromatic carbocycles. The third-order valence-corrected chi connectivity index (χ3v) is 4.19. The van der Waals surface area contributed by atoms with Crippen LogP contribution in [0.25, 0.3) is 0 Å². The molecule has 2 aliphatic rings. The molecule has 4 rings (SSSR count). The van der Waals surface area contributed by atoms with Crippen LogP contribution in [0, 0.1) is 0 Å². The van der Waals surface area contributed by atoms with Gasteiger partial charge in [-0.15, -0.1) is 0 Å². The highest BCUT2D eigenvalue weighted by atomic mass is 16.5. The topological polar surface area (TPSA) is 83.4 Å². The van der Waals surface area contributed by atoms with E-state index in [0.29, 0.717) is 23.4 Å². The number of benzene rings is 1. The molecule has 3 unspecified atom stereocenters. The maximum absolute atomic E-state index is 5.82. The van der Waals surface area contributed by atoms with Crippen molar-refractivity contribution in [3.05, 3.63) is 36.0 Å². The smallest absolute Gasteiger partial charge is 0.264 e. The van der Waals surface area contributed by atoms with Crippen LogP contribution in [0.3, 0.4) is 0 Å². The number of nitrogen functional groups attached to an aromatic ring is 1. The molecule has 0 spiro atoms. The van der Waals surface area contributed by atoms with E-state index >= 15 is 0 Å². The molecular formula is C15H17N3O3. The van der Waals surface area contributed by atoms with Gasteiger partial charge in [-0.2, -0.15) is 4.98 Å². The molecule has 2 saturated heterocycles. The molecule has 6 nitrogen and oxygen atoms in total. The minimum absolute atomic E-state index is 0.225. The molecule has 2 fully saturated rings. The van der Waals surface area contributed by atoms with Crippen molar-refractivity contribution in [1.29, 1.82) is 0 Å². The molecule has 3 atom stereocenters. The number of hydrogen-bond donors (Lipinski definition) is 1. The van der Waals surface area contributed by atoms with E-state index in [1.165, 1.54) is 0 Å². The van der Waals surface area contributed by atoms with E-state index in [4.69, 9.17) is 19.7 Å². The molecule has 21 heavy (non-hydrogen) atoms. The Hall–Kier alpha value is -2.08. The molecule has 2 aliphatic heterocycles. The number of ether oxygens (including phenoxy) is 2. The van der Waals surface area contributed by atoms with Crippen LogP contribution in [0.2, 0.25) is 0 Å². The van der Waals surface area contributed by atoms with E-state index < -0.39 is 0 Å². The molecule has 2 bridgehead atoms. The Labute approximate surface area is 122 Å². The summed E-state index contributed by atoms with van der Waals surface area (Å²) in [6, 6.07) is 7.34. The fraction of sp³-hybridized carbons (Fsp3) is 0.467. The normalized spacial score (nSPS) is 27.1. The average molecular weight is 287 g/mol. The summed E-state index contributed by atoms with van der Waals surface area (Å²) in [5.74, 6) is 2.10. The monoisotopic (exact) mass is 287 g/mol. The van der Waals surface area contributed by atoms with Crippen molar-refractivity contribution in [2.45, 2.75) is 44.0 Å². The Bertz CT molecular complexity index is 643.